The number of hydrogen-bond acceptors (Lipinski definition) is 9. The van der Waals surface area contributed by atoms with Gasteiger partial charge in [0.1, 0.15) is 15.9 Å². The third-order valence-corrected chi connectivity index (χ3v) is 8.31. The predicted octanol–water partition coefficient (Wildman–Crippen LogP) is -0.259. The van der Waals surface area contributed by atoms with Crippen LogP contribution in [0.3, 0.4) is 0 Å². The Hall–Kier alpha value is -2.68. The molecule has 12 nitrogen and oxygen atoms in total. The van der Waals surface area contributed by atoms with Crippen molar-refractivity contribution < 1.29 is 31.2 Å². The van der Waals surface area contributed by atoms with E-state index in [0.29, 0.717) is 31.0 Å². The van der Waals surface area contributed by atoms with Crippen molar-refractivity contribution in [3.63, 3.8) is 0 Å². The van der Waals surface area contributed by atoms with E-state index in [1.54, 1.807) is 35.2 Å². The van der Waals surface area contributed by atoms with E-state index in [4.69, 9.17) is 10.5 Å². The minimum absolute atomic E-state index is 0.278. The van der Waals surface area contributed by atoms with E-state index in [2.05, 4.69) is 16.6 Å². The van der Waals surface area contributed by atoms with Crippen molar-refractivity contribution in [1.82, 2.24) is 19.8 Å². The molecule has 0 bridgehead atoms. The minimum atomic E-state index is -3.99. The van der Waals surface area contributed by atoms with Crippen molar-refractivity contribution in [2.45, 2.75) is 50.3 Å². The number of rotatable bonds is 14. The molecule has 1 fully saturated rings. The van der Waals surface area contributed by atoms with Crippen LogP contribution >= 0.6 is 0 Å². The van der Waals surface area contributed by atoms with Crippen molar-refractivity contribution in [1.29, 1.82) is 0 Å². The molecule has 0 aromatic heterocycles. The van der Waals surface area contributed by atoms with Gasteiger partial charge in [-0.2, -0.15) is 0 Å². The fraction of sp³-hybridized carbons (Fsp3) is 0.583. The Labute approximate surface area is 225 Å². The summed E-state index contributed by atoms with van der Waals surface area (Å²) >= 11 is 0. The van der Waals surface area contributed by atoms with Gasteiger partial charge in [-0.25, -0.2) is 21.6 Å². The normalized spacial score (nSPS) is 19.0. The maximum atomic E-state index is 13.2. The minimum Gasteiger partial charge on any atom is -0.386 e. The number of sulfonamides is 1. The van der Waals surface area contributed by atoms with Gasteiger partial charge in [0.05, 0.1) is 29.9 Å². The quantitative estimate of drug-likeness (QED) is 0.272. The van der Waals surface area contributed by atoms with Crippen molar-refractivity contribution in [3.8, 4) is 0 Å². The van der Waals surface area contributed by atoms with E-state index in [1.807, 2.05) is 6.92 Å². The molecule has 14 heteroatoms. The summed E-state index contributed by atoms with van der Waals surface area (Å²) in [5, 5.41) is 2.87. The summed E-state index contributed by atoms with van der Waals surface area (Å²) in [6.45, 7) is 6.25. The average Bonchev–Trinajstić information content (AvgIpc) is 2.82. The summed E-state index contributed by atoms with van der Waals surface area (Å²) in [4.78, 5) is 28.9. The van der Waals surface area contributed by atoms with E-state index in [-0.39, 0.29) is 18.7 Å². The number of ether oxygens (including phenoxy) is 1. The molecule has 3 unspecified atom stereocenters. The average molecular weight is 574 g/mol. The molecule has 0 radical (unpaired) electrons. The number of carbonyl (C=O) groups excluding carboxylic acids is 2. The van der Waals surface area contributed by atoms with Crippen LogP contribution in [-0.2, 0) is 39.9 Å². The third kappa shape index (κ3) is 10.2. The molecular formula is C24H39N5O7S2. The molecule has 3 atom stereocenters. The highest BCUT2D eigenvalue weighted by molar-refractivity contribution is 7.90. The fourth-order valence-electron chi connectivity index (χ4n) is 4.22. The second-order valence-electron chi connectivity index (χ2n) is 9.37. The summed E-state index contributed by atoms with van der Waals surface area (Å²) in [6.07, 6.45) is 1.59. The van der Waals surface area contributed by atoms with Crippen LogP contribution in [-0.4, -0.2) is 95.5 Å². The zero-order chi connectivity index (χ0) is 28.5. The van der Waals surface area contributed by atoms with Crippen molar-refractivity contribution in [3.05, 3.63) is 48.3 Å². The number of amides is 2. The number of nitrogens with two attached hydrogens (primary N) is 1. The number of nitrogens with one attached hydrogen (secondary N) is 2. The van der Waals surface area contributed by atoms with Crippen LogP contribution in [0.1, 0.15) is 31.7 Å². The Morgan fingerprint density at radius 2 is 1.89 bits per heavy atom. The van der Waals surface area contributed by atoms with Gasteiger partial charge in [0.2, 0.25) is 21.8 Å². The van der Waals surface area contributed by atoms with Crippen LogP contribution < -0.4 is 15.8 Å². The lowest BCUT2D eigenvalue weighted by atomic mass is 10.0. The van der Waals surface area contributed by atoms with Crippen LogP contribution in [0.4, 0.5) is 0 Å². The number of piperidine rings is 1. The molecule has 1 aliphatic rings. The zero-order valence-corrected chi connectivity index (χ0v) is 23.8. The lowest BCUT2D eigenvalue weighted by molar-refractivity contribution is -0.138. The predicted molar refractivity (Wildman–Crippen MR) is 145 cm³/mol. The largest absolute Gasteiger partial charge is 0.386 e. The lowest BCUT2D eigenvalue weighted by Gasteiger charge is -2.42. The van der Waals surface area contributed by atoms with E-state index in [9.17, 15) is 26.4 Å². The molecule has 1 aliphatic heterocycles. The second-order valence-corrected chi connectivity index (χ2v) is 13.4. The van der Waals surface area contributed by atoms with Crippen LogP contribution in [0.2, 0.25) is 0 Å². The molecule has 1 heterocycles. The standard InChI is InChI=1S/C24H39N5O7S2/c1-5-36-24-21(12-9-14-29(24)18(2)25)26-22(30)16-28(3)23(31)20(13-15-37(4,32)33)27-38(34,35)17-19-10-7-6-8-11-19/h6-8,10-11,20-21,24,27H,2,5,9,12-17,25H2,1,3-4H3,(H,26,30). The van der Waals surface area contributed by atoms with Crippen LogP contribution in [0.15, 0.2) is 42.7 Å². The molecular weight excluding hydrogens is 534 g/mol. The molecule has 2 amide bonds. The maximum absolute atomic E-state index is 13.2. The van der Waals surface area contributed by atoms with E-state index >= 15 is 0 Å². The van der Waals surface area contributed by atoms with E-state index in [0.717, 1.165) is 17.6 Å². The van der Waals surface area contributed by atoms with Gasteiger partial charge in [-0.05, 0) is 31.7 Å². The van der Waals surface area contributed by atoms with Gasteiger partial charge in [0.15, 0.2) is 6.23 Å². The molecule has 4 N–H and O–H groups in total. The number of carbonyl (C=O) groups is 2. The first-order chi connectivity index (χ1) is 17.7. The number of nitrogens with zero attached hydrogens (tertiary/aromatic N) is 2. The van der Waals surface area contributed by atoms with Gasteiger partial charge >= 0.3 is 0 Å². The van der Waals surface area contributed by atoms with Crippen LogP contribution in [0.5, 0.6) is 0 Å². The van der Waals surface area contributed by atoms with Gasteiger partial charge in [-0.3, -0.25) is 9.59 Å². The number of likely N-dealkylation sites (N-methyl/N-ethyl adjacent to an activating group) is 1. The summed E-state index contributed by atoms with van der Waals surface area (Å²) in [5.41, 5.74) is 6.39. The Bertz CT molecular complexity index is 1180. The Kier molecular flexibility index (Phi) is 11.6. The van der Waals surface area contributed by atoms with Gasteiger partial charge in [0, 0.05) is 26.5 Å². The van der Waals surface area contributed by atoms with E-state index in [1.165, 1.54) is 7.05 Å². The molecule has 214 valence electrons. The number of sulfone groups is 1. The second kappa shape index (κ2) is 13.9. The van der Waals surface area contributed by atoms with Gasteiger partial charge in [-0.15, -0.1) is 0 Å². The highest BCUT2D eigenvalue weighted by atomic mass is 32.2. The maximum Gasteiger partial charge on any atom is 0.240 e. The third-order valence-electron chi connectivity index (χ3n) is 5.97. The molecule has 0 spiro atoms. The highest BCUT2D eigenvalue weighted by Crippen LogP contribution is 2.21. The van der Waals surface area contributed by atoms with E-state index < -0.39 is 55.7 Å². The first-order valence-electron chi connectivity index (χ1n) is 12.3. The SMILES string of the molecule is C=C(N)N1CCCC(NC(=O)CN(C)C(=O)C(CCS(C)(=O)=O)NS(=O)(=O)Cc2ccccc2)C1OCC. The number of benzene rings is 1. The van der Waals surface area contributed by atoms with Crippen molar-refractivity contribution >= 4 is 31.7 Å². The van der Waals surface area contributed by atoms with Gasteiger partial charge in [-0.1, -0.05) is 36.9 Å². The lowest BCUT2D eigenvalue weighted by Crippen LogP contribution is -2.58. The first kappa shape index (κ1) is 31.5. The Balaban J connectivity index is 2.10. The Morgan fingerprint density at radius 1 is 1.24 bits per heavy atom. The monoisotopic (exact) mass is 573 g/mol. The van der Waals surface area contributed by atoms with Gasteiger partial charge < -0.3 is 25.6 Å². The fourth-order valence-corrected chi connectivity index (χ4v) is 6.26. The molecule has 1 saturated heterocycles. The smallest absolute Gasteiger partial charge is 0.240 e. The topological polar surface area (TPSA) is 168 Å². The number of hydrogen-bond donors (Lipinski definition) is 3. The molecule has 0 aliphatic carbocycles. The van der Waals surface area contributed by atoms with Crippen molar-refractivity contribution in [2.24, 2.45) is 5.73 Å². The summed E-state index contributed by atoms with van der Waals surface area (Å²) in [7, 11) is -6.12. The molecule has 1 aromatic carbocycles. The molecule has 1 aromatic rings. The van der Waals surface area contributed by atoms with Crippen LogP contribution in [0, 0.1) is 0 Å². The molecule has 2 rings (SSSR count). The van der Waals surface area contributed by atoms with Crippen LogP contribution in [0.25, 0.3) is 0 Å². The summed E-state index contributed by atoms with van der Waals surface area (Å²) in [5.74, 6) is -1.67. The summed E-state index contributed by atoms with van der Waals surface area (Å²) in [6, 6.07) is 6.62. The zero-order valence-electron chi connectivity index (χ0n) is 22.1. The molecule has 38 heavy (non-hydrogen) atoms. The van der Waals surface area contributed by atoms with Gasteiger partial charge in [0.25, 0.3) is 0 Å². The Morgan fingerprint density at radius 3 is 2.47 bits per heavy atom. The highest BCUT2D eigenvalue weighted by Gasteiger charge is 2.34. The first-order valence-corrected chi connectivity index (χ1v) is 16.0. The summed E-state index contributed by atoms with van der Waals surface area (Å²) < 4.78 is 57.2. The molecule has 0 saturated carbocycles. The number of likely N-dealkylation sites (tertiary alicyclic amines) is 1. The van der Waals surface area contributed by atoms with Crippen molar-refractivity contribution in [2.75, 3.05) is 38.8 Å².